The Morgan fingerprint density at radius 2 is 1.56 bits per heavy atom. The van der Waals surface area contributed by atoms with Crippen LogP contribution in [0.5, 0.6) is 0 Å². The van der Waals surface area contributed by atoms with E-state index in [-0.39, 0.29) is 30.2 Å². The number of imide groups is 1. The van der Waals surface area contributed by atoms with Gasteiger partial charge in [0.25, 0.3) is 0 Å². The van der Waals surface area contributed by atoms with Gasteiger partial charge in [-0.05, 0) is 91.3 Å². The number of carbonyl (C=O) groups excluding carboxylic acids is 2. The number of carbonyl (C=O) groups is 2. The van der Waals surface area contributed by atoms with E-state index in [0.717, 1.165) is 6.07 Å². The molecule has 1 aliphatic heterocycles. The van der Waals surface area contributed by atoms with Crippen molar-refractivity contribution in [1.82, 2.24) is 4.90 Å². The van der Waals surface area contributed by atoms with Gasteiger partial charge in [-0.1, -0.05) is 15.9 Å². The number of halogens is 4. The van der Waals surface area contributed by atoms with E-state index in [1.807, 2.05) is 0 Å². The first-order valence-electron chi connectivity index (χ1n) is 10.7. The van der Waals surface area contributed by atoms with E-state index >= 15 is 8.78 Å². The zero-order valence-electron chi connectivity index (χ0n) is 20.1. The lowest BCUT2D eigenvalue weighted by atomic mass is 9.76. The number of hydrogen-bond acceptors (Lipinski definition) is 6. The van der Waals surface area contributed by atoms with Crippen LogP contribution in [0.2, 0.25) is 0 Å². The molecule has 0 radical (unpaired) electrons. The number of rotatable bonds is 1. The Bertz CT molecular complexity index is 1020. The van der Waals surface area contributed by atoms with Gasteiger partial charge in [-0.25, -0.2) is 19.0 Å². The van der Waals surface area contributed by atoms with Crippen LogP contribution in [0, 0.1) is 11.2 Å². The lowest BCUT2D eigenvalue weighted by molar-refractivity contribution is -0.0219. The van der Waals surface area contributed by atoms with Crippen molar-refractivity contribution >= 4 is 45.0 Å². The van der Waals surface area contributed by atoms with Crippen molar-refractivity contribution in [3.8, 4) is 0 Å². The van der Waals surface area contributed by atoms with Crippen LogP contribution < -0.4 is 0 Å². The summed E-state index contributed by atoms with van der Waals surface area (Å²) in [7, 11) is 0. The molecular weight excluding hydrogens is 537 g/mol. The molecule has 0 N–H and O–H groups in total. The molecule has 2 aliphatic rings. The maximum atomic E-state index is 15.7. The molecule has 2 amide bonds. The molecule has 6 nitrogen and oxygen atoms in total. The maximum absolute atomic E-state index is 15.7. The van der Waals surface area contributed by atoms with Crippen LogP contribution in [-0.4, -0.2) is 38.7 Å². The summed E-state index contributed by atoms with van der Waals surface area (Å²) in [6.45, 7) is 10.8. The highest BCUT2D eigenvalue weighted by atomic mass is 79.9. The molecular formula is C23H28BrF3N2O4S. The Hall–Kier alpha value is -1.75. The molecule has 34 heavy (non-hydrogen) atoms. The Kier molecular flexibility index (Phi) is 6.65. The molecule has 1 aromatic rings. The summed E-state index contributed by atoms with van der Waals surface area (Å²) in [6.07, 6.45) is -2.23. The minimum Gasteiger partial charge on any atom is -0.443 e. The van der Waals surface area contributed by atoms with Crippen LogP contribution in [-0.2, 0) is 15.0 Å². The van der Waals surface area contributed by atoms with Gasteiger partial charge in [0.2, 0.25) is 0 Å². The third kappa shape index (κ3) is 4.96. The maximum Gasteiger partial charge on any atom is 0.426 e. The molecule has 188 valence electrons. The number of aliphatic imine (C=N–C) groups is 1. The van der Waals surface area contributed by atoms with E-state index in [9.17, 15) is 14.0 Å². The topological polar surface area (TPSA) is 68.2 Å². The van der Waals surface area contributed by atoms with Crippen molar-refractivity contribution < 1.29 is 32.2 Å². The zero-order chi connectivity index (χ0) is 25.9. The van der Waals surface area contributed by atoms with Gasteiger partial charge in [-0.15, -0.1) is 0 Å². The van der Waals surface area contributed by atoms with Crippen molar-refractivity contribution in [2.24, 2.45) is 10.4 Å². The Morgan fingerprint density at radius 3 is 2.00 bits per heavy atom. The number of alkyl halides is 2. The van der Waals surface area contributed by atoms with Gasteiger partial charge in [0.05, 0.1) is 5.41 Å². The van der Waals surface area contributed by atoms with E-state index < -0.39 is 50.6 Å². The zero-order valence-corrected chi connectivity index (χ0v) is 22.5. The monoisotopic (exact) mass is 564 g/mol. The first-order valence-corrected chi connectivity index (χ1v) is 12.3. The van der Waals surface area contributed by atoms with Crippen LogP contribution >= 0.6 is 27.7 Å². The van der Waals surface area contributed by atoms with E-state index in [1.54, 1.807) is 41.5 Å². The third-order valence-electron chi connectivity index (χ3n) is 5.57. The average Bonchev–Trinajstić information content (AvgIpc) is 3.42. The molecule has 11 heteroatoms. The highest BCUT2D eigenvalue weighted by molar-refractivity contribution is 9.10. The van der Waals surface area contributed by atoms with E-state index in [0.29, 0.717) is 9.37 Å². The number of amides is 2. The molecule has 1 atom stereocenters. The highest BCUT2D eigenvalue weighted by Crippen LogP contribution is 2.73. The average molecular weight is 565 g/mol. The molecule has 0 saturated heterocycles. The van der Waals surface area contributed by atoms with Crippen LogP contribution in [0.15, 0.2) is 27.7 Å². The van der Waals surface area contributed by atoms with Gasteiger partial charge >= 0.3 is 17.4 Å². The molecule has 1 aliphatic carbocycles. The van der Waals surface area contributed by atoms with Crippen LogP contribution in [0.3, 0.4) is 0 Å². The van der Waals surface area contributed by atoms with Crippen LogP contribution in [0.1, 0.15) is 66.9 Å². The second kappa shape index (κ2) is 8.43. The first kappa shape index (κ1) is 26.8. The fourth-order valence-corrected chi connectivity index (χ4v) is 5.51. The number of amidine groups is 1. The van der Waals surface area contributed by atoms with Gasteiger partial charge in [-0.2, -0.15) is 13.7 Å². The second-order valence-electron chi connectivity index (χ2n) is 10.6. The second-order valence-corrected chi connectivity index (χ2v) is 12.6. The quantitative estimate of drug-likeness (QED) is 0.354. The van der Waals surface area contributed by atoms with Gasteiger partial charge in [0, 0.05) is 10.0 Å². The van der Waals surface area contributed by atoms with Crippen molar-refractivity contribution in [3.05, 3.63) is 34.1 Å². The molecule has 0 unspecified atom stereocenters. The number of benzene rings is 1. The number of ether oxygens (including phenoxy) is 2. The SMILES string of the molecule is CC(C)(C)OC(=O)N(C(=O)OC(C)(C)C)C1=N[C@](C)(c2cc(Br)ccc2F)C2(CC2)C(F)(F)S1. The summed E-state index contributed by atoms with van der Waals surface area (Å²) in [5, 5.41) is -4.08. The van der Waals surface area contributed by atoms with E-state index in [2.05, 4.69) is 20.9 Å². The molecule has 3 rings (SSSR count). The Balaban J connectivity index is 2.21. The predicted molar refractivity (Wildman–Crippen MR) is 127 cm³/mol. The van der Waals surface area contributed by atoms with Crippen molar-refractivity contribution in [3.63, 3.8) is 0 Å². The van der Waals surface area contributed by atoms with Crippen molar-refractivity contribution in [2.75, 3.05) is 0 Å². The Morgan fingerprint density at radius 1 is 1.06 bits per heavy atom. The van der Waals surface area contributed by atoms with E-state index in [1.165, 1.54) is 19.1 Å². The molecule has 1 heterocycles. The van der Waals surface area contributed by atoms with Crippen LogP contribution in [0.4, 0.5) is 22.8 Å². The molecule has 1 aromatic carbocycles. The van der Waals surface area contributed by atoms with Crippen LogP contribution in [0.25, 0.3) is 0 Å². The normalized spacial score (nSPS) is 23.2. The third-order valence-corrected chi connectivity index (χ3v) is 7.17. The molecule has 0 aromatic heterocycles. The minimum atomic E-state index is -3.46. The Labute approximate surface area is 209 Å². The smallest absolute Gasteiger partial charge is 0.426 e. The highest BCUT2D eigenvalue weighted by Gasteiger charge is 2.75. The first-order chi connectivity index (χ1) is 15.3. The van der Waals surface area contributed by atoms with Crippen molar-refractivity contribution in [2.45, 2.75) is 83.3 Å². The van der Waals surface area contributed by atoms with Gasteiger partial charge < -0.3 is 9.47 Å². The van der Waals surface area contributed by atoms with E-state index in [4.69, 9.17) is 9.47 Å². The van der Waals surface area contributed by atoms with Gasteiger partial charge in [-0.3, -0.25) is 0 Å². The molecule has 1 fully saturated rings. The fourth-order valence-electron chi connectivity index (χ4n) is 3.85. The standard InChI is InChI=1S/C23H28BrF3N2O4S/c1-19(2,3)32-17(30)29(18(31)33-20(4,5)6)16-28-21(7,14-12-13(24)8-9-15(14)25)22(10-11-22)23(26,27)34-16/h8-9,12H,10-11H2,1-7H3/t21-/m1/s1. The molecule has 1 spiro atoms. The number of thioether (sulfide) groups is 1. The fraction of sp³-hybridized carbons (Fsp3) is 0.609. The summed E-state index contributed by atoms with van der Waals surface area (Å²) in [4.78, 5) is 30.9. The lowest BCUT2D eigenvalue weighted by Crippen LogP contribution is -2.53. The number of hydrogen-bond donors (Lipinski definition) is 0. The number of nitrogens with zero attached hydrogens (tertiary/aromatic N) is 2. The summed E-state index contributed by atoms with van der Waals surface area (Å²) >= 11 is 3.25. The molecule has 0 bridgehead atoms. The summed E-state index contributed by atoms with van der Waals surface area (Å²) in [5.74, 6) is -0.719. The summed E-state index contributed by atoms with van der Waals surface area (Å²) in [6, 6.07) is 4.01. The summed E-state index contributed by atoms with van der Waals surface area (Å²) in [5.41, 5.74) is -5.57. The lowest BCUT2D eigenvalue weighted by Gasteiger charge is -2.44. The molecule has 1 saturated carbocycles. The largest absolute Gasteiger partial charge is 0.443 e. The van der Waals surface area contributed by atoms with Gasteiger partial charge in [0.1, 0.15) is 22.6 Å². The predicted octanol–water partition coefficient (Wildman–Crippen LogP) is 7.45. The van der Waals surface area contributed by atoms with Crippen molar-refractivity contribution in [1.29, 1.82) is 0 Å². The summed E-state index contributed by atoms with van der Waals surface area (Å²) < 4.78 is 57.4. The minimum absolute atomic E-state index is 0.0114. The van der Waals surface area contributed by atoms with Gasteiger partial charge in [0.15, 0.2) is 5.17 Å².